The molecule has 1 aromatic heterocycles. The van der Waals surface area contributed by atoms with Gasteiger partial charge in [0.25, 0.3) is 0 Å². The molecule has 1 aliphatic carbocycles. The number of aromatic nitrogens is 3. The molecule has 30 heavy (non-hydrogen) atoms. The van der Waals surface area contributed by atoms with Gasteiger partial charge in [-0.05, 0) is 44.0 Å². The number of ether oxygens (including phenoxy) is 2. The van der Waals surface area contributed by atoms with E-state index in [1.54, 1.807) is 0 Å². The third-order valence-electron chi connectivity index (χ3n) is 5.09. The Labute approximate surface area is 181 Å². The first-order chi connectivity index (χ1) is 14.1. The van der Waals surface area contributed by atoms with Gasteiger partial charge >= 0.3 is 17.3 Å². The third kappa shape index (κ3) is 4.20. The predicted octanol–water partition coefficient (Wildman–Crippen LogP) is 2.51. The molecule has 0 aliphatic heterocycles. The summed E-state index contributed by atoms with van der Waals surface area (Å²) in [5.41, 5.74) is -2.04. The van der Waals surface area contributed by atoms with Gasteiger partial charge in [-0.25, -0.2) is 23.3 Å². The zero-order valence-corrected chi connectivity index (χ0v) is 18.3. The van der Waals surface area contributed by atoms with Crippen molar-refractivity contribution in [3.8, 4) is 11.4 Å². The molecule has 1 aliphatic rings. The van der Waals surface area contributed by atoms with Crippen LogP contribution < -0.4 is 16.1 Å². The molecule has 1 atom stereocenters. The fourth-order valence-electron chi connectivity index (χ4n) is 2.97. The minimum atomic E-state index is -1.02. The van der Waals surface area contributed by atoms with Crippen LogP contribution in [0, 0.1) is 16.5 Å². The number of carbonyl (C=O) groups excluding carboxylic acids is 1. The molecule has 0 N–H and O–H groups in total. The molecule has 1 unspecified atom stereocenters. The summed E-state index contributed by atoms with van der Waals surface area (Å²) in [6, 6.07) is 2.01. The van der Waals surface area contributed by atoms with Crippen LogP contribution in [0.3, 0.4) is 0 Å². The van der Waals surface area contributed by atoms with Gasteiger partial charge in [0, 0.05) is 20.2 Å². The largest absolute Gasteiger partial charge is 0.477 e. The van der Waals surface area contributed by atoms with Crippen LogP contribution in [-0.2, 0) is 23.6 Å². The Balaban J connectivity index is 1.94. The maximum atomic E-state index is 14.6. The third-order valence-corrected chi connectivity index (χ3v) is 5.94. The molecular formula is C19H21ClFN3O5S. The fourth-order valence-corrected chi connectivity index (χ4v) is 3.32. The van der Waals surface area contributed by atoms with Crippen molar-refractivity contribution in [1.29, 1.82) is 0 Å². The molecule has 0 bridgehead atoms. The Morgan fingerprint density at radius 2 is 1.87 bits per heavy atom. The van der Waals surface area contributed by atoms with Gasteiger partial charge in [0.05, 0.1) is 17.3 Å². The summed E-state index contributed by atoms with van der Waals surface area (Å²) in [6.45, 7) is 1.80. The standard InChI is InChI=1S/C19H21ClFN3O5S/c1-10(16(25)28-9-11-5-4-6-11)29-15-8-14(13(21)7-12(15)20)24-17(26)22(2)19(30)23(3)18(24)27/h7-8,10-11H,4-6,9H2,1-3H3. The lowest BCUT2D eigenvalue weighted by molar-refractivity contribution is -0.153. The molecule has 0 amide bonds. The predicted molar refractivity (Wildman–Crippen MR) is 110 cm³/mol. The lowest BCUT2D eigenvalue weighted by Gasteiger charge is -2.25. The highest BCUT2D eigenvalue weighted by atomic mass is 35.5. The Kier molecular flexibility index (Phi) is 6.47. The van der Waals surface area contributed by atoms with Crippen LogP contribution in [0.5, 0.6) is 5.75 Å². The van der Waals surface area contributed by atoms with Crippen LogP contribution in [0.2, 0.25) is 5.02 Å². The van der Waals surface area contributed by atoms with E-state index in [0.717, 1.165) is 40.5 Å². The molecule has 162 valence electrons. The summed E-state index contributed by atoms with van der Waals surface area (Å²) in [5.74, 6) is -1.19. The molecule has 0 saturated heterocycles. The summed E-state index contributed by atoms with van der Waals surface area (Å²) in [5, 5.41) is -0.121. The van der Waals surface area contributed by atoms with Crippen molar-refractivity contribution in [2.24, 2.45) is 20.0 Å². The molecule has 0 spiro atoms. The first kappa shape index (κ1) is 22.2. The van der Waals surface area contributed by atoms with E-state index in [4.69, 9.17) is 33.3 Å². The van der Waals surface area contributed by atoms with Gasteiger partial charge in [-0.2, -0.15) is 0 Å². The number of benzene rings is 1. The van der Waals surface area contributed by atoms with Crippen LogP contribution in [-0.4, -0.2) is 32.4 Å². The second-order valence-corrected chi connectivity index (χ2v) is 7.99. The monoisotopic (exact) mass is 457 g/mol. The summed E-state index contributed by atoms with van der Waals surface area (Å²) < 4.78 is 28.1. The van der Waals surface area contributed by atoms with Crippen LogP contribution >= 0.6 is 23.8 Å². The zero-order valence-electron chi connectivity index (χ0n) is 16.7. The number of halogens is 2. The number of esters is 1. The van der Waals surface area contributed by atoms with E-state index in [1.165, 1.54) is 21.0 Å². The second kappa shape index (κ2) is 8.73. The number of hydrogen-bond acceptors (Lipinski definition) is 6. The molecule has 2 aromatic rings. The van der Waals surface area contributed by atoms with E-state index in [-0.39, 0.29) is 21.2 Å². The molecule has 1 fully saturated rings. The van der Waals surface area contributed by atoms with Crippen molar-refractivity contribution in [2.75, 3.05) is 6.61 Å². The lowest BCUT2D eigenvalue weighted by atomic mass is 9.86. The number of nitrogens with zero attached hydrogens (tertiary/aromatic N) is 3. The fraction of sp³-hybridized carbons (Fsp3) is 0.474. The number of rotatable bonds is 6. The van der Waals surface area contributed by atoms with Crippen molar-refractivity contribution in [2.45, 2.75) is 32.3 Å². The van der Waals surface area contributed by atoms with Crippen molar-refractivity contribution in [3.63, 3.8) is 0 Å². The molecule has 1 heterocycles. The molecule has 8 nitrogen and oxygen atoms in total. The van der Waals surface area contributed by atoms with E-state index in [1.807, 2.05) is 0 Å². The highest BCUT2D eigenvalue weighted by Gasteiger charge is 2.24. The molecular weight excluding hydrogens is 437 g/mol. The van der Waals surface area contributed by atoms with Crippen LogP contribution in [0.25, 0.3) is 5.69 Å². The Bertz CT molecular complexity index is 1130. The Hall–Kier alpha value is -2.46. The van der Waals surface area contributed by atoms with Crippen LogP contribution in [0.15, 0.2) is 21.7 Å². The van der Waals surface area contributed by atoms with E-state index >= 15 is 0 Å². The first-order valence-corrected chi connectivity index (χ1v) is 10.1. The van der Waals surface area contributed by atoms with Gasteiger partial charge in [-0.1, -0.05) is 18.0 Å². The van der Waals surface area contributed by atoms with Crippen LogP contribution in [0.4, 0.5) is 4.39 Å². The van der Waals surface area contributed by atoms with E-state index in [9.17, 15) is 18.8 Å². The normalized spacial score (nSPS) is 14.8. The highest BCUT2D eigenvalue weighted by molar-refractivity contribution is 7.71. The quantitative estimate of drug-likeness (QED) is 0.489. The van der Waals surface area contributed by atoms with Gasteiger partial charge < -0.3 is 9.47 Å². The van der Waals surface area contributed by atoms with E-state index < -0.39 is 29.3 Å². The number of hydrogen-bond donors (Lipinski definition) is 0. The minimum Gasteiger partial charge on any atom is -0.477 e. The summed E-state index contributed by atoms with van der Waals surface area (Å²) >= 11 is 11.1. The average molecular weight is 458 g/mol. The van der Waals surface area contributed by atoms with E-state index in [2.05, 4.69) is 0 Å². The SMILES string of the molecule is CC(Oc1cc(-n2c(=O)n(C)c(=S)n(C)c2=O)c(F)cc1Cl)C(=O)OCC1CCC1. The van der Waals surface area contributed by atoms with Gasteiger partial charge in [0.1, 0.15) is 11.6 Å². The molecule has 1 saturated carbocycles. The van der Waals surface area contributed by atoms with Crippen molar-refractivity contribution in [3.05, 3.63) is 48.7 Å². The van der Waals surface area contributed by atoms with Crippen molar-refractivity contribution in [1.82, 2.24) is 13.7 Å². The average Bonchev–Trinajstić information content (AvgIpc) is 2.66. The second-order valence-electron chi connectivity index (χ2n) is 7.22. The Morgan fingerprint density at radius 3 is 2.40 bits per heavy atom. The smallest absolute Gasteiger partial charge is 0.347 e. The van der Waals surface area contributed by atoms with Gasteiger partial charge in [-0.3, -0.25) is 9.13 Å². The van der Waals surface area contributed by atoms with Crippen LogP contribution in [0.1, 0.15) is 26.2 Å². The van der Waals surface area contributed by atoms with Gasteiger partial charge in [0.2, 0.25) is 0 Å². The van der Waals surface area contributed by atoms with E-state index in [0.29, 0.717) is 17.1 Å². The van der Waals surface area contributed by atoms with Crippen molar-refractivity contribution < 1.29 is 18.7 Å². The maximum Gasteiger partial charge on any atom is 0.347 e. The topological polar surface area (TPSA) is 84.5 Å². The lowest BCUT2D eigenvalue weighted by Crippen LogP contribution is -2.43. The summed E-state index contributed by atoms with van der Waals surface area (Å²) in [7, 11) is 2.73. The molecule has 3 rings (SSSR count). The summed E-state index contributed by atoms with van der Waals surface area (Å²) in [4.78, 5) is 37.3. The minimum absolute atomic E-state index is 0.0186. The maximum absolute atomic E-state index is 14.6. The van der Waals surface area contributed by atoms with Gasteiger partial charge in [-0.15, -0.1) is 0 Å². The Morgan fingerprint density at radius 1 is 1.27 bits per heavy atom. The molecule has 1 aromatic carbocycles. The molecule has 0 radical (unpaired) electrons. The van der Waals surface area contributed by atoms with Gasteiger partial charge in [0.15, 0.2) is 10.9 Å². The number of carbonyl (C=O) groups is 1. The zero-order chi connectivity index (χ0) is 22.2. The summed E-state index contributed by atoms with van der Waals surface area (Å²) in [6.07, 6.45) is 2.16. The molecule has 11 heteroatoms. The highest BCUT2D eigenvalue weighted by Crippen LogP contribution is 2.30. The van der Waals surface area contributed by atoms with Crippen molar-refractivity contribution >= 4 is 29.8 Å². The first-order valence-electron chi connectivity index (χ1n) is 9.33.